The van der Waals surface area contributed by atoms with Crippen molar-refractivity contribution in [3.8, 4) is 5.75 Å². The van der Waals surface area contributed by atoms with E-state index in [-0.39, 0.29) is 17.8 Å². The highest BCUT2D eigenvalue weighted by atomic mass is 19.1. The van der Waals surface area contributed by atoms with Gasteiger partial charge in [-0.05, 0) is 6.42 Å². The van der Waals surface area contributed by atoms with E-state index in [1.807, 2.05) is 20.8 Å². The molecule has 0 spiro atoms. The van der Waals surface area contributed by atoms with Crippen LogP contribution in [-0.4, -0.2) is 24.9 Å². The van der Waals surface area contributed by atoms with Crippen LogP contribution in [0.2, 0.25) is 0 Å². The number of aliphatic hydroxyl groups excluding tert-OH is 1. The molecule has 5 heteroatoms. The summed E-state index contributed by atoms with van der Waals surface area (Å²) in [5, 5.41) is 12.3. The van der Waals surface area contributed by atoms with Gasteiger partial charge in [-0.25, -0.2) is 4.39 Å². The quantitative estimate of drug-likeness (QED) is 0.666. The predicted molar refractivity (Wildman–Crippen MR) is 76.0 cm³/mol. The minimum absolute atomic E-state index is 0.0558. The van der Waals surface area contributed by atoms with Crippen LogP contribution in [0.4, 0.5) is 15.8 Å². The van der Waals surface area contributed by atoms with Crippen molar-refractivity contribution in [1.82, 2.24) is 0 Å². The summed E-state index contributed by atoms with van der Waals surface area (Å²) in [6.07, 6.45) is 0.810. The SMILES string of the molecule is CCCOc1cc(NCC(C)(C)CO)c(N)cc1F. The highest BCUT2D eigenvalue weighted by Crippen LogP contribution is 2.29. The Morgan fingerprint density at radius 1 is 1.42 bits per heavy atom. The fraction of sp³-hybridized carbons (Fsp3) is 0.571. The van der Waals surface area contributed by atoms with Crippen LogP contribution in [0.1, 0.15) is 27.2 Å². The van der Waals surface area contributed by atoms with Gasteiger partial charge in [-0.15, -0.1) is 0 Å². The second kappa shape index (κ2) is 6.61. The van der Waals surface area contributed by atoms with Crippen molar-refractivity contribution in [2.45, 2.75) is 27.2 Å². The van der Waals surface area contributed by atoms with E-state index < -0.39 is 5.82 Å². The van der Waals surface area contributed by atoms with E-state index >= 15 is 0 Å². The topological polar surface area (TPSA) is 67.5 Å². The number of anilines is 2. The van der Waals surface area contributed by atoms with Crippen molar-refractivity contribution in [2.75, 3.05) is 30.8 Å². The van der Waals surface area contributed by atoms with E-state index in [2.05, 4.69) is 5.32 Å². The summed E-state index contributed by atoms with van der Waals surface area (Å²) >= 11 is 0. The molecule has 1 aromatic carbocycles. The van der Waals surface area contributed by atoms with Gasteiger partial charge in [-0.3, -0.25) is 0 Å². The Balaban J connectivity index is 2.82. The summed E-state index contributed by atoms with van der Waals surface area (Å²) < 4.78 is 18.9. The van der Waals surface area contributed by atoms with Crippen LogP contribution in [0, 0.1) is 11.2 Å². The zero-order valence-electron chi connectivity index (χ0n) is 11.8. The lowest BCUT2D eigenvalue weighted by Crippen LogP contribution is -2.27. The lowest BCUT2D eigenvalue weighted by atomic mass is 9.95. The Bertz CT molecular complexity index is 422. The van der Waals surface area contributed by atoms with Crippen molar-refractivity contribution in [1.29, 1.82) is 0 Å². The fourth-order valence-corrected chi connectivity index (χ4v) is 1.43. The van der Waals surface area contributed by atoms with Gasteiger partial charge in [0.25, 0.3) is 0 Å². The zero-order valence-corrected chi connectivity index (χ0v) is 11.8. The van der Waals surface area contributed by atoms with Gasteiger partial charge in [-0.1, -0.05) is 20.8 Å². The molecule has 0 heterocycles. The average Bonchev–Trinajstić information content (AvgIpc) is 2.36. The minimum Gasteiger partial charge on any atom is -0.490 e. The van der Waals surface area contributed by atoms with Crippen LogP contribution in [0.25, 0.3) is 0 Å². The largest absolute Gasteiger partial charge is 0.490 e. The average molecular weight is 270 g/mol. The molecule has 0 radical (unpaired) electrons. The monoisotopic (exact) mass is 270 g/mol. The van der Waals surface area contributed by atoms with E-state index in [0.717, 1.165) is 6.42 Å². The normalized spacial score (nSPS) is 11.4. The molecule has 0 bridgehead atoms. The number of halogens is 1. The van der Waals surface area contributed by atoms with Gasteiger partial charge in [0.1, 0.15) is 0 Å². The summed E-state index contributed by atoms with van der Waals surface area (Å²) in [5.41, 5.74) is 6.44. The first-order chi connectivity index (χ1) is 8.89. The summed E-state index contributed by atoms with van der Waals surface area (Å²) in [6, 6.07) is 2.81. The number of hydrogen-bond acceptors (Lipinski definition) is 4. The van der Waals surface area contributed by atoms with Crippen LogP contribution >= 0.6 is 0 Å². The van der Waals surface area contributed by atoms with Crippen LogP contribution in [-0.2, 0) is 0 Å². The van der Waals surface area contributed by atoms with Crippen LogP contribution in [0.15, 0.2) is 12.1 Å². The van der Waals surface area contributed by atoms with Crippen LogP contribution in [0.5, 0.6) is 5.75 Å². The Kier molecular flexibility index (Phi) is 5.42. The van der Waals surface area contributed by atoms with Gasteiger partial charge in [0.05, 0.1) is 18.0 Å². The Morgan fingerprint density at radius 2 is 2.11 bits per heavy atom. The number of nitrogens with one attached hydrogen (secondary N) is 1. The van der Waals surface area contributed by atoms with Crippen LogP contribution in [0.3, 0.4) is 0 Å². The van der Waals surface area contributed by atoms with E-state index in [4.69, 9.17) is 10.5 Å². The minimum atomic E-state index is -0.460. The van der Waals surface area contributed by atoms with Crippen molar-refractivity contribution in [2.24, 2.45) is 5.41 Å². The van der Waals surface area contributed by atoms with Gasteiger partial charge >= 0.3 is 0 Å². The molecule has 4 N–H and O–H groups in total. The number of nitrogens with two attached hydrogens (primary N) is 1. The van der Waals surface area contributed by atoms with Gasteiger partial charge in [0, 0.05) is 30.7 Å². The lowest BCUT2D eigenvalue weighted by molar-refractivity contribution is 0.171. The molecule has 0 saturated carbocycles. The lowest BCUT2D eigenvalue weighted by Gasteiger charge is -2.23. The van der Waals surface area contributed by atoms with Gasteiger partial charge < -0.3 is 20.9 Å². The number of benzene rings is 1. The number of rotatable bonds is 7. The van der Waals surface area contributed by atoms with E-state index in [0.29, 0.717) is 24.5 Å². The van der Waals surface area contributed by atoms with Crippen molar-refractivity contribution in [3.05, 3.63) is 17.9 Å². The predicted octanol–water partition coefficient (Wildman–Crippen LogP) is 2.63. The zero-order chi connectivity index (χ0) is 14.5. The third-order valence-corrected chi connectivity index (χ3v) is 2.75. The molecule has 108 valence electrons. The Hall–Kier alpha value is -1.49. The number of aliphatic hydroxyl groups is 1. The molecule has 0 aliphatic heterocycles. The van der Waals surface area contributed by atoms with E-state index in [1.165, 1.54) is 6.07 Å². The van der Waals surface area contributed by atoms with Crippen molar-refractivity contribution in [3.63, 3.8) is 0 Å². The Labute approximate surface area is 113 Å². The first-order valence-electron chi connectivity index (χ1n) is 6.46. The first kappa shape index (κ1) is 15.6. The summed E-state index contributed by atoms with van der Waals surface area (Å²) in [5.74, 6) is -0.265. The summed E-state index contributed by atoms with van der Waals surface area (Å²) in [6.45, 7) is 6.86. The molecule has 0 amide bonds. The number of hydrogen-bond donors (Lipinski definition) is 3. The molecule has 4 nitrogen and oxygen atoms in total. The van der Waals surface area contributed by atoms with Crippen molar-refractivity contribution < 1.29 is 14.2 Å². The standard InChI is InChI=1S/C14H23FN2O2/c1-4-5-19-13-7-12(11(16)6-10(13)15)17-8-14(2,3)9-18/h6-7,17-18H,4-5,8-9,16H2,1-3H3. The van der Waals surface area contributed by atoms with Gasteiger partial charge in [0.2, 0.25) is 0 Å². The molecule has 1 rings (SSSR count). The number of ether oxygens (including phenoxy) is 1. The maximum atomic E-state index is 13.6. The summed E-state index contributed by atoms with van der Waals surface area (Å²) in [7, 11) is 0. The molecule has 19 heavy (non-hydrogen) atoms. The summed E-state index contributed by atoms with van der Waals surface area (Å²) in [4.78, 5) is 0. The second-order valence-corrected chi connectivity index (χ2v) is 5.39. The van der Waals surface area contributed by atoms with Gasteiger partial charge in [0.15, 0.2) is 11.6 Å². The van der Waals surface area contributed by atoms with E-state index in [9.17, 15) is 9.50 Å². The molecule has 0 aliphatic carbocycles. The first-order valence-corrected chi connectivity index (χ1v) is 6.46. The highest BCUT2D eigenvalue weighted by Gasteiger charge is 2.17. The third-order valence-electron chi connectivity index (χ3n) is 2.75. The van der Waals surface area contributed by atoms with E-state index in [1.54, 1.807) is 6.07 Å². The Morgan fingerprint density at radius 3 is 2.68 bits per heavy atom. The fourth-order valence-electron chi connectivity index (χ4n) is 1.43. The second-order valence-electron chi connectivity index (χ2n) is 5.39. The molecule has 1 aromatic rings. The third kappa shape index (κ3) is 4.59. The smallest absolute Gasteiger partial charge is 0.167 e. The molecule has 0 unspecified atom stereocenters. The van der Waals surface area contributed by atoms with Crippen LogP contribution < -0.4 is 15.8 Å². The molecule has 0 aromatic heterocycles. The molecule has 0 fully saturated rings. The maximum Gasteiger partial charge on any atom is 0.167 e. The molecule has 0 aliphatic rings. The molecular weight excluding hydrogens is 247 g/mol. The number of nitrogen functional groups attached to an aromatic ring is 1. The highest BCUT2D eigenvalue weighted by molar-refractivity contribution is 5.68. The molecular formula is C14H23FN2O2. The van der Waals surface area contributed by atoms with Crippen molar-refractivity contribution >= 4 is 11.4 Å². The maximum absolute atomic E-state index is 13.6. The molecule has 0 atom stereocenters. The van der Waals surface area contributed by atoms with Gasteiger partial charge in [-0.2, -0.15) is 0 Å². The molecule has 0 saturated heterocycles.